The summed E-state index contributed by atoms with van der Waals surface area (Å²) < 4.78 is 10.2. The van der Waals surface area contributed by atoms with E-state index < -0.39 is 24.6 Å². The van der Waals surface area contributed by atoms with Crippen LogP contribution < -0.4 is 5.32 Å². The lowest BCUT2D eigenvalue weighted by molar-refractivity contribution is -0.136. The normalized spacial score (nSPS) is 13.3. The minimum Gasteiger partial charge on any atom is -0.452 e. The first-order chi connectivity index (χ1) is 15.9. The molecule has 1 N–H and O–H groups in total. The average molecular weight is 474 g/mol. The number of carbonyl (C=O) groups is 4. The number of piperazine rings is 1. The van der Waals surface area contributed by atoms with Gasteiger partial charge in [-0.15, -0.1) is 0 Å². The van der Waals surface area contributed by atoms with E-state index in [0.29, 0.717) is 36.8 Å². The summed E-state index contributed by atoms with van der Waals surface area (Å²) >= 11 is 5.85. The van der Waals surface area contributed by atoms with Crippen molar-refractivity contribution in [2.75, 3.05) is 44.7 Å². The molecule has 33 heavy (non-hydrogen) atoms. The third-order valence-electron chi connectivity index (χ3n) is 4.99. The summed E-state index contributed by atoms with van der Waals surface area (Å²) in [5.74, 6) is -1.52. The number of esters is 1. The number of halogens is 1. The highest BCUT2D eigenvalue weighted by Crippen LogP contribution is 2.18. The minimum atomic E-state index is -0.736. The Morgan fingerprint density at radius 3 is 2.21 bits per heavy atom. The molecule has 0 bridgehead atoms. The highest BCUT2D eigenvalue weighted by atomic mass is 35.5. The quantitative estimate of drug-likeness (QED) is 0.646. The lowest BCUT2D eigenvalue weighted by Gasteiger charge is -2.33. The zero-order chi connectivity index (χ0) is 23.8. The first kappa shape index (κ1) is 24.1. The van der Waals surface area contributed by atoms with Gasteiger partial charge < -0.3 is 24.6 Å². The summed E-state index contributed by atoms with van der Waals surface area (Å²) in [4.78, 5) is 52.3. The standard InChI is InChI=1S/C23H24ClN3O6/c1-2-32-23(31)27-13-11-26(12-14-27)20(28)15-33-22(30)18-5-3-4-6-19(18)25-21(29)16-7-9-17(24)10-8-16/h3-10H,2,11-15H2,1H3,(H,25,29). The number of anilines is 1. The monoisotopic (exact) mass is 473 g/mol. The van der Waals surface area contributed by atoms with Gasteiger partial charge in [0.25, 0.3) is 11.8 Å². The number of ether oxygens (including phenoxy) is 2. The van der Waals surface area contributed by atoms with Crippen LogP contribution in [0.5, 0.6) is 0 Å². The van der Waals surface area contributed by atoms with E-state index in [0.717, 1.165) is 0 Å². The van der Waals surface area contributed by atoms with Crippen molar-refractivity contribution in [2.45, 2.75) is 6.92 Å². The van der Waals surface area contributed by atoms with Gasteiger partial charge in [-0.3, -0.25) is 9.59 Å². The fourth-order valence-corrected chi connectivity index (χ4v) is 3.34. The zero-order valence-electron chi connectivity index (χ0n) is 18.1. The molecule has 3 rings (SSSR count). The summed E-state index contributed by atoms with van der Waals surface area (Å²) in [5, 5.41) is 3.18. The molecule has 2 aromatic carbocycles. The van der Waals surface area contributed by atoms with E-state index >= 15 is 0 Å². The Bertz CT molecular complexity index is 1020. The fraction of sp³-hybridized carbons (Fsp3) is 0.304. The van der Waals surface area contributed by atoms with Crippen molar-refractivity contribution in [1.82, 2.24) is 9.80 Å². The zero-order valence-corrected chi connectivity index (χ0v) is 18.8. The van der Waals surface area contributed by atoms with Crippen LogP contribution in [0.4, 0.5) is 10.5 Å². The number of nitrogens with one attached hydrogen (secondary N) is 1. The maximum Gasteiger partial charge on any atom is 0.409 e. The SMILES string of the molecule is CCOC(=O)N1CCN(C(=O)COC(=O)c2ccccc2NC(=O)c2ccc(Cl)cc2)CC1. The van der Waals surface area contributed by atoms with Gasteiger partial charge >= 0.3 is 12.1 Å². The molecule has 9 nitrogen and oxygen atoms in total. The Morgan fingerprint density at radius 1 is 0.909 bits per heavy atom. The Kier molecular flexibility index (Phi) is 8.26. The molecule has 10 heteroatoms. The maximum atomic E-state index is 12.6. The van der Waals surface area contributed by atoms with Crippen LogP contribution in [0, 0.1) is 0 Å². The number of nitrogens with zero attached hydrogens (tertiary/aromatic N) is 2. The van der Waals surface area contributed by atoms with E-state index in [1.807, 2.05) is 0 Å². The molecule has 1 saturated heterocycles. The number of para-hydroxylation sites is 1. The van der Waals surface area contributed by atoms with Crippen LogP contribution in [0.3, 0.4) is 0 Å². The number of amides is 3. The molecule has 1 aliphatic heterocycles. The second-order valence-electron chi connectivity index (χ2n) is 7.15. The van der Waals surface area contributed by atoms with Gasteiger partial charge in [0.2, 0.25) is 0 Å². The van der Waals surface area contributed by atoms with Crippen molar-refractivity contribution in [1.29, 1.82) is 0 Å². The summed E-state index contributed by atoms with van der Waals surface area (Å²) in [6.45, 7) is 2.91. The van der Waals surface area contributed by atoms with Gasteiger partial charge in [-0.2, -0.15) is 0 Å². The Labute approximate surface area is 196 Å². The molecule has 2 aromatic rings. The van der Waals surface area contributed by atoms with E-state index in [9.17, 15) is 19.2 Å². The second-order valence-corrected chi connectivity index (χ2v) is 7.59. The van der Waals surface area contributed by atoms with Crippen LogP contribution in [0.15, 0.2) is 48.5 Å². The third-order valence-corrected chi connectivity index (χ3v) is 5.24. The van der Waals surface area contributed by atoms with E-state index in [-0.39, 0.29) is 23.8 Å². The molecule has 0 spiro atoms. The predicted molar refractivity (Wildman–Crippen MR) is 121 cm³/mol. The van der Waals surface area contributed by atoms with Crippen molar-refractivity contribution in [3.63, 3.8) is 0 Å². The summed E-state index contributed by atoms with van der Waals surface area (Å²) in [7, 11) is 0. The van der Waals surface area contributed by atoms with Gasteiger partial charge in [0, 0.05) is 36.8 Å². The van der Waals surface area contributed by atoms with Crippen LogP contribution in [-0.4, -0.2) is 73.1 Å². The molecular formula is C23H24ClN3O6. The van der Waals surface area contributed by atoms with Crippen LogP contribution in [0.25, 0.3) is 0 Å². The second kappa shape index (κ2) is 11.3. The Morgan fingerprint density at radius 2 is 1.55 bits per heavy atom. The van der Waals surface area contributed by atoms with Gasteiger partial charge in [0.05, 0.1) is 17.9 Å². The van der Waals surface area contributed by atoms with Gasteiger partial charge in [0.1, 0.15) is 0 Å². The molecular weight excluding hydrogens is 450 g/mol. The van der Waals surface area contributed by atoms with Crippen molar-refractivity contribution in [3.05, 3.63) is 64.7 Å². The van der Waals surface area contributed by atoms with E-state index in [4.69, 9.17) is 21.1 Å². The third kappa shape index (κ3) is 6.45. The summed E-state index contributed by atoms with van der Waals surface area (Å²) in [6.07, 6.45) is -0.409. The summed E-state index contributed by atoms with van der Waals surface area (Å²) in [5.41, 5.74) is 0.761. The van der Waals surface area contributed by atoms with Crippen molar-refractivity contribution in [3.8, 4) is 0 Å². The maximum absolute atomic E-state index is 12.6. The summed E-state index contributed by atoms with van der Waals surface area (Å²) in [6, 6.07) is 12.7. The molecule has 174 valence electrons. The van der Waals surface area contributed by atoms with E-state index in [2.05, 4.69) is 5.32 Å². The highest BCUT2D eigenvalue weighted by Gasteiger charge is 2.26. The van der Waals surface area contributed by atoms with Crippen LogP contribution in [0.2, 0.25) is 5.02 Å². The molecule has 0 saturated carbocycles. The van der Waals surface area contributed by atoms with Crippen LogP contribution >= 0.6 is 11.6 Å². The van der Waals surface area contributed by atoms with Gasteiger partial charge in [-0.05, 0) is 43.3 Å². The van der Waals surface area contributed by atoms with Gasteiger partial charge in [0.15, 0.2) is 6.61 Å². The number of hydrogen-bond acceptors (Lipinski definition) is 6. The lowest BCUT2D eigenvalue weighted by Crippen LogP contribution is -2.51. The van der Waals surface area contributed by atoms with Crippen molar-refractivity contribution in [2.24, 2.45) is 0 Å². The van der Waals surface area contributed by atoms with Gasteiger partial charge in [-0.25, -0.2) is 9.59 Å². The predicted octanol–water partition coefficient (Wildman–Crippen LogP) is 3.05. The molecule has 0 aromatic heterocycles. The largest absolute Gasteiger partial charge is 0.452 e. The molecule has 1 heterocycles. The first-order valence-electron chi connectivity index (χ1n) is 10.4. The molecule has 3 amide bonds. The van der Waals surface area contributed by atoms with Gasteiger partial charge in [-0.1, -0.05) is 23.7 Å². The Balaban J connectivity index is 1.54. The van der Waals surface area contributed by atoms with Crippen molar-refractivity contribution < 1.29 is 28.7 Å². The number of carbonyl (C=O) groups excluding carboxylic acids is 4. The molecule has 1 fully saturated rings. The first-order valence-corrected chi connectivity index (χ1v) is 10.8. The van der Waals surface area contributed by atoms with E-state index in [1.165, 1.54) is 15.9 Å². The molecule has 0 unspecified atom stereocenters. The average Bonchev–Trinajstić information content (AvgIpc) is 2.83. The highest BCUT2D eigenvalue weighted by molar-refractivity contribution is 6.30. The fourth-order valence-electron chi connectivity index (χ4n) is 3.22. The topological polar surface area (TPSA) is 105 Å². The molecule has 1 aliphatic rings. The minimum absolute atomic E-state index is 0.125. The molecule has 0 atom stereocenters. The number of rotatable bonds is 6. The van der Waals surface area contributed by atoms with Crippen LogP contribution in [0.1, 0.15) is 27.6 Å². The Hall–Kier alpha value is -3.59. The number of benzene rings is 2. The number of hydrogen-bond donors (Lipinski definition) is 1. The van der Waals surface area contributed by atoms with Crippen molar-refractivity contribution >= 4 is 41.2 Å². The van der Waals surface area contributed by atoms with Crippen LogP contribution in [-0.2, 0) is 14.3 Å². The van der Waals surface area contributed by atoms with E-state index in [1.54, 1.807) is 49.4 Å². The lowest BCUT2D eigenvalue weighted by atomic mass is 10.1. The molecule has 0 radical (unpaired) electrons. The smallest absolute Gasteiger partial charge is 0.409 e. The molecule has 0 aliphatic carbocycles.